The minimum Gasteiger partial charge on any atom is -0.355 e. The molecule has 2 aromatic heterocycles. The van der Waals surface area contributed by atoms with Crippen LogP contribution in [-0.4, -0.2) is 38.1 Å². The molecule has 0 fully saturated rings. The Kier molecular flexibility index (Phi) is 5.55. The summed E-state index contributed by atoms with van der Waals surface area (Å²) in [4.78, 5) is 27.2. The molecule has 24 heavy (non-hydrogen) atoms. The van der Waals surface area contributed by atoms with E-state index in [2.05, 4.69) is 25.3 Å². The quantitative estimate of drug-likeness (QED) is 0.506. The summed E-state index contributed by atoms with van der Waals surface area (Å²) in [5.74, 6) is 0.191. The molecular formula is C15H13Cl2N5OS. The van der Waals surface area contributed by atoms with Gasteiger partial charge in [0.25, 0.3) is 0 Å². The molecule has 0 atom stereocenters. The van der Waals surface area contributed by atoms with E-state index in [1.807, 2.05) is 6.07 Å². The molecule has 2 heterocycles. The van der Waals surface area contributed by atoms with Gasteiger partial charge in [0, 0.05) is 16.6 Å². The molecule has 9 heteroatoms. The van der Waals surface area contributed by atoms with Gasteiger partial charge < -0.3 is 10.3 Å². The minimum absolute atomic E-state index is 0.0728. The van der Waals surface area contributed by atoms with Gasteiger partial charge in [-0.15, -0.1) is 0 Å². The zero-order valence-electron chi connectivity index (χ0n) is 12.4. The van der Waals surface area contributed by atoms with Crippen LogP contribution in [0.2, 0.25) is 10.0 Å². The van der Waals surface area contributed by atoms with E-state index >= 15 is 0 Å². The van der Waals surface area contributed by atoms with E-state index in [0.717, 1.165) is 11.1 Å². The van der Waals surface area contributed by atoms with Crippen LogP contribution in [0, 0.1) is 0 Å². The second-order valence-corrected chi connectivity index (χ2v) is 6.71. The minimum atomic E-state index is -0.0728. The Labute approximate surface area is 152 Å². The SMILES string of the molecule is O=C(CSc1ncnc2nc[nH]c12)NCCc1ccc(Cl)cc1Cl. The van der Waals surface area contributed by atoms with Crippen LogP contribution >= 0.6 is 35.0 Å². The number of nitrogens with one attached hydrogen (secondary N) is 2. The molecule has 1 aromatic carbocycles. The lowest BCUT2D eigenvalue weighted by Crippen LogP contribution is -2.27. The van der Waals surface area contributed by atoms with Crippen molar-refractivity contribution in [2.75, 3.05) is 12.3 Å². The van der Waals surface area contributed by atoms with Crippen LogP contribution in [0.15, 0.2) is 35.9 Å². The highest BCUT2D eigenvalue weighted by atomic mass is 35.5. The van der Waals surface area contributed by atoms with Crippen molar-refractivity contribution in [1.82, 2.24) is 25.3 Å². The number of carbonyl (C=O) groups excluding carboxylic acids is 1. The predicted molar refractivity (Wildman–Crippen MR) is 95.6 cm³/mol. The molecule has 2 N–H and O–H groups in total. The zero-order valence-corrected chi connectivity index (χ0v) is 14.8. The monoisotopic (exact) mass is 381 g/mol. The zero-order chi connectivity index (χ0) is 16.9. The number of nitrogens with zero attached hydrogens (tertiary/aromatic N) is 3. The van der Waals surface area contributed by atoms with Crippen molar-refractivity contribution >= 4 is 52.0 Å². The molecule has 0 saturated heterocycles. The number of thioether (sulfide) groups is 1. The van der Waals surface area contributed by atoms with Gasteiger partial charge in [0.2, 0.25) is 5.91 Å². The van der Waals surface area contributed by atoms with Crippen LogP contribution in [-0.2, 0) is 11.2 Å². The van der Waals surface area contributed by atoms with Gasteiger partial charge in [0.05, 0.1) is 12.1 Å². The van der Waals surface area contributed by atoms with Crippen LogP contribution < -0.4 is 5.32 Å². The standard InChI is InChI=1S/C15H13Cl2N5OS/c16-10-2-1-9(11(17)5-10)3-4-18-12(23)6-24-15-13-14(20-7-19-13)21-8-22-15/h1-2,5,7-8H,3-4,6H2,(H,18,23)(H,19,20,21,22). The first-order valence-corrected chi connectivity index (χ1v) is 8.85. The Morgan fingerprint density at radius 3 is 2.96 bits per heavy atom. The van der Waals surface area contributed by atoms with Gasteiger partial charge in [0.1, 0.15) is 16.9 Å². The average molecular weight is 382 g/mol. The van der Waals surface area contributed by atoms with E-state index in [0.29, 0.717) is 33.7 Å². The number of benzene rings is 1. The van der Waals surface area contributed by atoms with Gasteiger partial charge in [-0.25, -0.2) is 15.0 Å². The maximum absolute atomic E-state index is 12.0. The van der Waals surface area contributed by atoms with Crippen LogP contribution in [0.5, 0.6) is 0 Å². The number of amides is 1. The van der Waals surface area contributed by atoms with E-state index in [9.17, 15) is 4.79 Å². The average Bonchev–Trinajstić information content (AvgIpc) is 3.04. The summed E-state index contributed by atoms with van der Waals surface area (Å²) in [7, 11) is 0. The largest absolute Gasteiger partial charge is 0.355 e. The molecule has 0 radical (unpaired) electrons. The van der Waals surface area contributed by atoms with Crippen molar-refractivity contribution in [1.29, 1.82) is 0 Å². The van der Waals surface area contributed by atoms with Gasteiger partial charge >= 0.3 is 0 Å². The topological polar surface area (TPSA) is 83.6 Å². The van der Waals surface area contributed by atoms with E-state index in [-0.39, 0.29) is 11.7 Å². The molecule has 124 valence electrons. The van der Waals surface area contributed by atoms with Crippen molar-refractivity contribution in [2.45, 2.75) is 11.4 Å². The summed E-state index contributed by atoms with van der Waals surface area (Å²) >= 11 is 13.3. The lowest BCUT2D eigenvalue weighted by Gasteiger charge is -2.07. The Balaban J connectivity index is 1.48. The highest BCUT2D eigenvalue weighted by molar-refractivity contribution is 8.00. The number of carbonyl (C=O) groups is 1. The number of fused-ring (bicyclic) bond motifs is 1. The van der Waals surface area contributed by atoms with E-state index in [1.54, 1.807) is 18.5 Å². The number of aromatic amines is 1. The van der Waals surface area contributed by atoms with Crippen LogP contribution in [0.3, 0.4) is 0 Å². The second kappa shape index (κ2) is 7.83. The number of rotatable bonds is 6. The second-order valence-electron chi connectivity index (χ2n) is 4.90. The molecule has 1 amide bonds. The molecule has 0 spiro atoms. The highest BCUT2D eigenvalue weighted by Gasteiger charge is 2.09. The first kappa shape index (κ1) is 17.0. The Hall–Kier alpha value is -1.83. The van der Waals surface area contributed by atoms with Crippen molar-refractivity contribution in [3.8, 4) is 0 Å². The smallest absolute Gasteiger partial charge is 0.230 e. The van der Waals surface area contributed by atoms with Gasteiger partial charge in [-0.2, -0.15) is 0 Å². The third kappa shape index (κ3) is 4.17. The van der Waals surface area contributed by atoms with Gasteiger partial charge in [0.15, 0.2) is 5.65 Å². The predicted octanol–water partition coefficient (Wildman–Crippen LogP) is 3.11. The third-order valence-corrected chi connectivity index (χ3v) is 4.84. The normalized spacial score (nSPS) is 10.9. The molecule has 0 aliphatic heterocycles. The van der Waals surface area contributed by atoms with Crippen LogP contribution in [0.1, 0.15) is 5.56 Å². The molecular weight excluding hydrogens is 369 g/mol. The fourth-order valence-corrected chi connectivity index (χ4v) is 3.39. The summed E-state index contributed by atoms with van der Waals surface area (Å²) < 4.78 is 0. The number of imidazole rings is 1. The van der Waals surface area contributed by atoms with E-state index in [4.69, 9.17) is 23.2 Å². The fraction of sp³-hybridized carbons (Fsp3) is 0.200. The van der Waals surface area contributed by atoms with Crippen LogP contribution in [0.4, 0.5) is 0 Å². The van der Waals surface area contributed by atoms with Crippen molar-refractivity contribution in [3.05, 3.63) is 46.5 Å². The number of aromatic nitrogens is 4. The molecule has 3 aromatic rings. The summed E-state index contributed by atoms with van der Waals surface area (Å²) in [6.45, 7) is 0.504. The number of halogens is 2. The lowest BCUT2D eigenvalue weighted by molar-refractivity contribution is -0.118. The maximum Gasteiger partial charge on any atom is 0.230 e. The lowest BCUT2D eigenvalue weighted by atomic mass is 10.1. The molecule has 0 saturated carbocycles. The van der Waals surface area contributed by atoms with Gasteiger partial charge in [-0.3, -0.25) is 4.79 Å². The molecule has 3 rings (SSSR count). The number of hydrogen-bond acceptors (Lipinski definition) is 5. The Morgan fingerprint density at radius 1 is 1.25 bits per heavy atom. The first-order valence-electron chi connectivity index (χ1n) is 7.11. The maximum atomic E-state index is 12.0. The molecule has 0 bridgehead atoms. The fourth-order valence-electron chi connectivity index (χ4n) is 2.10. The van der Waals surface area contributed by atoms with Gasteiger partial charge in [-0.1, -0.05) is 41.0 Å². The van der Waals surface area contributed by atoms with Crippen molar-refractivity contribution in [2.24, 2.45) is 0 Å². The van der Waals surface area contributed by atoms with Gasteiger partial charge in [-0.05, 0) is 24.1 Å². The van der Waals surface area contributed by atoms with Crippen LogP contribution in [0.25, 0.3) is 11.2 Å². The number of hydrogen-bond donors (Lipinski definition) is 2. The molecule has 6 nitrogen and oxygen atoms in total. The summed E-state index contributed by atoms with van der Waals surface area (Å²) in [6, 6.07) is 5.34. The van der Waals surface area contributed by atoms with Crippen molar-refractivity contribution in [3.63, 3.8) is 0 Å². The molecule has 0 aliphatic carbocycles. The molecule has 0 aliphatic rings. The highest BCUT2D eigenvalue weighted by Crippen LogP contribution is 2.22. The Morgan fingerprint density at radius 2 is 2.12 bits per heavy atom. The summed E-state index contributed by atoms with van der Waals surface area (Å²) in [6.07, 6.45) is 3.63. The van der Waals surface area contributed by atoms with Crippen molar-refractivity contribution < 1.29 is 4.79 Å². The van der Waals surface area contributed by atoms with E-state index < -0.39 is 0 Å². The van der Waals surface area contributed by atoms with E-state index in [1.165, 1.54) is 18.1 Å². The Bertz CT molecular complexity index is 870. The first-order chi connectivity index (χ1) is 11.6. The molecule has 0 unspecified atom stereocenters. The summed E-state index contributed by atoms with van der Waals surface area (Å²) in [5, 5.41) is 4.77. The summed E-state index contributed by atoms with van der Waals surface area (Å²) in [5.41, 5.74) is 2.28. The number of H-pyrrole nitrogens is 1. The third-order valence-electron chi connectivity index (χ3n) is 3.26.